The number of rotatable bonds is 4. The van der Waals surface area contributed by atoms with Crippen molar-refractivity contribution in [2.75, 3.05) is 39.3 Å². The zero-order valence-electron chi connectivity index (χ0n) is 22.6. The molecule has 2 atom stereocenters. The van der Waals surface area contributed by atoms with E-state index in [1.165, 1.54) is 51.9 Å². The maximum absolute atomic E-state index is 12.4. The minimum atomic E-state index is 0.0341. The van der Waals surface area contributed by atoms with Crippen LogP contribution in [-0.4, -0.2) is 93.4 Å². The van der Waals surface area contributed by atoms with Gasteiger partial charge in [0.2, 0.25) is 0 Å². The lowest BCUT2D eigenvalue weighted by Crippen LogP contribution is -2.57. The van der Waals surface area contributed by atoms with Crippen molar-refractivity contribution in [1.29, 1.82) is 0 Å². The number of carbonyl (C=O) groups is 2. The lowest BCUT2D eigenvalue weighted by Gasteiger charge is -2.44. The quantitative estimate of drug-likeness (QED) is 0.316. The molecule has 2 aromatic carbocycles. The van der Waals surface area contributed by atoms with Gasteiger partial charge in [0.1, 0.15) is 0 Å². The van der Waals surface area contributed by atoms with E-state index >= 15 is 0 Å². The fourth-order valence-corrected chi connectivity index (χ4v) is 6.93. The number of hydrogen-bond donors (Lipinski definition) is 4. The molecule has 0 aliphatic carbocycles. The Morgan fingerprint density at radius 1 is 0.675 bits per heavy atom. The molecule has 2 amide bonds. The van der Waals surface area contributed by atoms with Crippen LogP contribution in [0.1, 0.15) is 46.4 Å². The second-order valence-corrected chi connectivity index (χ2v) is 11.8. The van der Waals surface area contributed by atoms with E-state index in [9.17, 15) is 9.59 Å². The molecule has 4 bridgehead atoms. The molecule has 6 aliphatic rings. The van der Waals surface area contributed by atoms with Crippen molar-refractivity contribution in [3.05, 3.63) is 59.9 Å². The second-order valence-electron chi connectivity index (χ2n) is 11.8. The fourth-order valence-electron chi connectivity index (χ4n) is 6.93. The number of carbonyl (C=O) groups excluding carboxylic acids is 2. The van der Waals surface area contributed by atoms with Crippen molar-refractivity contribution in [2.45, 2.75) is 37.8 Å². The summed E-state index contributed by atoms with van der Waals surface area (Å²) >= 11 is 0. The predicted molar refractivity (Wildman–Crippen MR) is 153 cm³/mol. The summed E-state index contributed by atoms with van der Waals surface area (Å²) in [5.41, 5.74) is 3.36. The van der Waals surface area contributed by atoms with Gasteiger partial charge in [0.05, 0.1) is 23.4 Å². The van der Waals surface area contributed by atoms with Gasteiger partial charge < -0.3 is 20.4 Å². The third-order valence-electron chi connectivity index (χ3n) is 9.35. The zero-order chi connectivity index (χ0) is 27.1. The molecular weight excluding hydrogens is 504 g/mol. The van der Waals surface area contributed by atoms with Crippen LogP contribution in [0.2, 0.25) is 0 Å². The van der Waals surface area contributed by atoms with Crippen molar-refractivity contribution in [2.24, 2.45) is 11.8 Å². The smallest absolute Gasteiger partial charge is 0.251 e. The highest BCUT2D eigenvalue weighted by Crippen LogP contribution is 2.29. The van der Waals surface area contributed by atoms with Crippen LogP contribution in [0, 0.1) is 11.8 Å². The number of aromatic amines is 2. The van der Waals surface area contributed by atoms with Gasteiger partial charge in [0, 0.05) is 47.1 Å². The number of hydrogen-bond acceptors (Lipinski definition) is 6. The molecule has 4 aromatic rings. The van der Waals surface area contributed by atoms with E-state index in [0.29, 0.717) is 23.9 Å². The summed E-state index contributed by atoms with van der Waals surface area (Å²) in [5, 5.41) is 22.2. The van der Waals surface area contributed by atoms with Crippen LogP contribution in [0.5, 0.6) is 0 Å². The topological polar surface area (TPSA) is 122 Å². The summed E-state index contributed by atoms with van der Waals surface area (Å²) in [6, 6.07) is 12.0. The Bertz CT molecular complexity index is 1400. The Morgan fingerprint density at radius 2 is 1.10 bits per heavy atom. The standard InChI is InChI=1S/2C15H18N4O/c2*20-15(11-1-2-13-12(7-11)8-16-18-13)17-14-9-19-5-3-10(14)4-6-19/h2*1-2,7-8,10,14H,3-6,9H2,(H,16,18)(H,17,20)/t2*14-/m10/s1. The molecule has 4 N–H and O–H groups in total. The summed E-state index contributed by atoms with van der Waals surface area (Å²) in [5.74, 6) is 1.38. The van der Waals surface area contributed by atoms with E-state index in [0.717, 1.165) is 46.0 Å². The number of H-pyrrole nitrogens is 2. The zero-order valence-corrected chi connectivity index (χ0v) is 22.6. The molecule has 2 aromatic heterocycles. The molecule has 0 radical (unpaired) electrons. The first-order valence-corrected chi connectivity index (χ1v) is 14.5. The molecule has 0 unspecified atom stereocenters. The SMILES string of the molecule is O=C(N[C@@H]1CN2CCC1CC2)c1ccc2[nH]ncc2c1.O=C(N[C@H]1CN2CCC1CC2)c1ccc2[nH]ncc2c1. The maximum atomic E-state index is 12.4. The number of amides is 2. The van der Waals surface area contributed by atoms with Crippen LogP contribution >= 0.6 is 0 Å². The molecule has 6 saturated heterocycles. The molecule has 8 heterocycles. The number of nitrogens with one attached hydrogen (secondary N) is 4. The van der Waals surface area contributed by atoms with Gasteiger partial charge in [-0.25, -0.2) is 0 Å². The van der Waals surface area contributed by atoms with E-state index in [2.05, 4.69) is 40.8 Å². The van der Waals surface area contributed by atoms with Crippen molar-refractivity contribution in [3.8, 4) is 0 Å². The summed E-state index contributed by atoms with van der Waals surface area (Å²) in [7, 11) is 0. The molecule has 6 fully saturated rings. The minimum Gasteiger partial charge on any atom is -0.348 e. The number of piperidine rings is 6. The summed E-state index contributed by atoms with van der Waals surface area (Å²) < 4.78 is 0. The normalized spacial score (nSPS) is 28.7. The lowest BCUT2D eigenvalue weighted by molar-refractivity contribution is 0.0617. The van der Waals surface area contributed by atoms with Crippen LogP contribution in [0.25, 0.3) is 21.8 Å². The summed E-state index contributed by atoms with van der Waals surface area (Å²) in [4.78, 5) is 29.7. The molecular formula is C30H36N8O2. The monoisotopic (exact) mass is 540 g/mol. The van der Waals surface area contributed by atoms with Gasteiger partial charge in [-0.1, -0.05) is 0 Å². The van der Waals surface area contributed by atoms with Gasteiger partial charge in [-0.15, -0.1) is 0 Å². The highest BCUT2D eigenvalue weighted by atomic mass is 16.2. The number of aromatic nitrogens is 4. The molecule has 6 aliphatic heterocycles. The highest BCUT2D eigenvalue weighted by molar-refractivity contribution is 5.98. The van der Waals surface area contributed by atoms with Crippen molar-refractivity contribution in [3.63, 3.8) is 0 Å². The Balaban J connectivity index is 0.000000132. The van der Waals surface area contributed by atoms with Crippen molar-refractivity contribution in [1.82, 2.24) is 40.8 Å². The van der Waals surface area contributed by atoms with Crippen LogP contribution in [0.3, 0.4) is 0 Å². The van der Waals surface area contributed by atoms with Gasteiger partial charge in [-0.2, -0.15) is 10.2 Å². The first kappa shape index (κ1) is 25.2. The molecule has 208 valence electrons. The van der Waals surface area contributed by atoms with Crippen LogP contribution < -0.4 is 10.6 Å². The lowest BCUT2D eigenvalue weighted by atomic mass is 9.84. The first-order chi connectivity index (χ1) is 19.6. The summed E-state index contributed by atoms with van der Waals surface area (Å²) in [6.45, 7) is 6.78. The van der Waals surface area contributed by atoms with Gasteiger partial charge >= 0.3 is 0 Å². The van der Waals surface area contributed by atoms with Crippen molar-refractivity contribution >= 4 is 33.6 Å². The number of benzene rings is 2. The van der Waals surface area contributed by atoms with E-state index < -0.39 is 0 Å². The first-order valence-electron chi connectivity index (χ1n) is 14.5. The third-order valence-corrected chi connectivity index (χ3v) is 9.35. The number of nitrogens with zero attached hydrogens (tertiary/aromatic N) is 4. The van der Waals surface area contributed by atoms with Gasteiger partial charge in [-0.3, -0.25) is 19.8 Å². The van der Waals surface area contributed by atoms with Gasteiger partial charge in [-0.05, 0) is 100 Å². The molecule has 10 rings (SSSR count). The average Bonchev–Trinajstić information content (AvgIpc) is 3.67. The van der Waals surface area contributed by atoms with Gasteiger partial charge in [0.25, 0.3) is 11.8 Å². The van der Waals surface area contributed by atoms with Gasteiger partial charge in [0.15, 0.2) is 0 Å². The van der Waals surface area contributed by atoms with Crippen LogP contribution in [0.4, 0.5) is 0 Å². The van der Waals surface area contributed by atoms with Crippen molar-refractivity contribution < 1.29 is 9.59 Å². The fraction of sp³-hybridized carbons (Fsp3) is 0.467. The Hall–Kier alpha value is -3.76. The van der Waals surface area contributed by atoms with Crippen LogP contribution in [-0.2, 0) is 0 Å². The van der Waals surface area contributed by atoms with Crippen LogP contribution in [0.15, 0.2) is 48.8 Å². The summed E-state index contributed by atoms with van der Waals surface area (Å²) in [6.07, 6.45) is 8.36. The Kier molecular flexibility index (Phi) is 6.73. The average molecular weight is 541 g/mol. The minimum absolute atomic E-state index is 0.0341. The molecule has 0 spiro atoms. The Labute approximate surface area is 232 Å². The third kappa shape index (κ3) is 5.09. The molecule has 10 heteroatoms. The van der Waals surface area contributed by atoms with E-state index in [-0.39, 0.29) is 11.8 Å². The number of fused-ring (bicyclic) bond motifs is 8. The largest absolute Gasteiger partial charge is 0.348 e. The van der Waals surface area contributed by atoms with E-state index in [1.807, 2.05) is 36.4 Å². The molecule has 10 nitrogen and oxygen atoms in total. The Morgan fingerprint density at radius 3 is 1.48 bits per heavy atom. The van der Waals surface area contributed by atoms with E-state index in [4.69, 9.17) is 0 Å². The van der Waals surface area contributed by atoms with E-state index in [1.54, 1.807) is 12.4 Å². The molecule has 0 saturated carbocycles. The predicted octanol–water partition coefficient (Wildman–Crippen LogP) is 2.77. The highest BCUT2D eigenvalue weighted by Gasteiger charge is 2.36. The molecule has 40 heavy (non-hydrogen) atoms. The maximum Gasteiger partial charge on any atom is 0.251 e. The second kappa shape index (κ2) is 10.7.